The van der Waals surface area contributed by atoms with Crippen LogP contribution in [-0.2, 0) is 17.8 Å². The molecule has 0 atom stereocenters. The first-order valence-corrected chi connectivity index (χ1v) is 7.91. The Morgan fingerprint density at radius 3 is 2.62 bits per heavy atom. The SMILES string of the molecule is CN1CCC(CCNC(=O)Cc2ccccc2CN)CC1. The van der Waals surface area contributed by atoms with Gasteiger partial charge in [-0.25, -0.2) is 0 Å². The molecule has 1 saturated heterocycles. The monoisotopic (exact) mass is 289 g/mol. The summed E-state index contributed by atoms with van der Waals surface area (Å²) in [7, 11) is 2.17. The summed E-state index contributed by atoms with van der Waals surface area (Å²) < 4.78 is 0. The molecule has 2 rings (SSSR count). The van der Waals surface area contributed by atoms with Crippen LogP contribution in [0.4, 0.5) is 0 Å². The average Bonchev–Trinajstić information content (AvgIpc) is 2.50. The maximum absolute atomic E-state index is 12.0. The standard InChI is InChI=1S/C17H27N3O/c1-20-10-7-14(8-11-20)6-9-19-17(21)12-15-4-2-3-5-16(15)13-18/h2-5,14H,6-13,18H2,1H3,(H,19,21). The molecule has 4 nitrogen and oxygen atoms in total. The zero-order chi connectivity index (χ0) is 15.1. The fourth-order valence-corrected chi connectivity index (χ4v) is 2.93. The van der Waals surface area contributed by atoms with Crippen molar-refractivity contribution in [3.8, 4) is 0 Å². The number of nitrogens with zero attached hydrogens (tertiary/aromatic N) is 1. The molecule has 0 aromatic heterocycles. The van der Waals surface area contributed by atoms with E-state index in [9.17, 15) is 4.79 Å². The van der Waals surface area contributed by atoms with Crippen molar-refractivity contribution in [1.82, 2.24) is 10.2 Å². The number of piperidine rings is 1. The molecule has 0 saturated carbocycles. The van der Waals surface area contributed by atoms with E-state index in [-0.39, 0.29) is 5.91 Å². The molecule has 3 N–H and O–H groups in total. The first-order chi connectivity index (χ1) is 10.2. The largest absolute Gasteiger partial charge is 0.356 e. The molecule has 0 spiro atoms. The van der Waals surface area contributed by atoms with Crippen LogP contribution in [0.25, 0.3) is 0 Å². The van der Waals surface area contributed by atoms with Crippen LogP contribution >= 0.6 is 0 Å². The Morgan fingerprint density at radius 2 is 1.95 bits per heavy atom. The Bertz CT molecular complexity index is 453. The number of nitrogens with one attached hydrogen (secondary N) is 1. The quantitative estimate of drug-likeness (QED) is 0.835. The molecule has 1 aliphatic heterocycles. The number of rotatable bonds is 6. The number of carbonyl (C=O) groups excluding carboxylic acids is 1. The van der Waals surface area contributed by atoms with Crippen LogP contribution in [0.3, 0.4) is 0 Å². The second-order valence-corrected chi connectivity index (χ2v) is 6.03. The first-order valence-electron chi connectivity index (χ1n) is 7.91. The van der Waals surface area contributed by atoms with Gasteiger partial charge in [0.25, 0.3) is 0 Å². The predicted octanol–water partition coefficient (Wildman–Crippen LogP) is 1.54. The number of hydrogen-bond acceptors (Lipinski definition) is 3. The second kappa shape index (κ2) is 8.15. The summed E-state index contributed by atoms with van der Waals surface area (Å²) in [6, 6.07) is 7.89. The molecular formula is C17H27N3O. The highest BCUT2D eigenvalue weighted by atomic mass is 16.1. The minimum absolute atomic E-state index is 0.101. The van der Waals surface area contributed by atoms with Gasteiger partial charge in [0.15, 0.2) is 0 Å². The Morgan fingerprint density at radius 1 is 1.29 bits per heavy atom. The number of nitrogens with two attached hydrogens (primary N) is 1. The molecule has 0 aliphatic carbocycles. The van der Waals surface area contributed by atoms with Gasteiger partial charge in [-0.3, -0.25) is 4.79 Å². The van der Waals surface area contributed by atoms with E-state index in [0.717, 1.165) is 30.0 Å². The Balaban J connectivity index is 1.70. The van der Waals surface area contributed by atoms with Crippen molar-refractivity contribution in [2.45, 2.75) is 32.2 Å². The van der Waals surface area contributed by atoms with Gasteiger partial charge in [-0.05, 0) is 56.4 Å². The number of benzene rings is 1. The molecule has 1 fully saturated rings. The lowest BCUT2D eigenvalue weighted by Crippen LogP contribution is -2.33. The van der Waals surface area contributed by atoms with E-state index in [1.807, 2.05) is 24.3 Å². The first kappa shape index (κ1) is 16.0. The highest BCUT2D eigenvalue weighted by molar-refractivity contribution is 5.78. The number of amides is 1. The fourth-order valence-electron chi connectivity index (χ4n) is 2.93. The van der Waals surface area contributed by atoms with E-state index in [0.29, 0.717) is 13.0 Å². The van der Waals surface area contributed by atoms with Crippen LogP contribution in [0.15, 0.2) is 24.3 Å². The van der Waals surface area contributed by atoms with E-state index < -0.39 is 0 Å². The molecule has 1 aromatic rings. The molecule has 0 bridgehead atoms. The van der Waals surface area contributed by atoms with Gasteiger partial charge in [-0.15, -0.1) is 0 Å². The Hall–Kier alpha value is -1.39. The van der Waals surface area contributed by atoms with Gasteiger partial charge in [0.2, 0.25) is 5.91 Å². The zero-order valence-corrected chi connectivity index (χ0v) is 13.0. The summed E-state index contributed by atoms with van der Waals surface area (Å²) in [6.07, 6.45) is 4.03. The van der Waals surface area contributed by atoms with Crippen molar-refractivity contribution < 1.29 is 4.79 Å². The lowest BCUT2D eigenvalue weighted by Gasteiger charge is -2.28. The highest BCUT2D eigenvalue weighted by Crippen LogP contribution is 2.18. The summed E-state index contributed by atoms with van der Waals surface area (Å²) in [5, 5.41) is 3.05. The van der Waals surface area contributed by atoms with Crippen molar-refractivity contribution in [2.75, 3.05) is 26.7 Å². The fraction of sp³-hybridized carbons (Fsp3) is 0.588. The Kier molecular flexibility index (Phi) is 6.21. The summed E-state index contributed by atoms with van der Waals surface area (Å²) in [6.45, 7) is 3.64. The van der Waals surface area contributed by atoms with Gasteiger partial charge >= 0.3 is 0 Å². The lowest BCUT2D eigenvalue weighted by atomic mass is 9.94. The van der Waals surface area contributed by atoms with Crippen LogP contribution in [0.1, 0.15) is 30.4 Å². The third kappa shape index (κ3) is 5.14. The predicted molar refractivity (Wildman–Crippen MR) is 85.9 cm³/mol. The van der Waals surface area contributed by atoms with Crippen molar-refractivity contribution in [3.05, 3.63) is 35.4 Å². The third-order valence-corrected chi connectivity index (χ3v) is 4.40. The maximum atomic E-state index is 12.0. The van der Waals surface area contributed by atoms with Gasteiger partial charge < -0.3 is 16.0 Å². The molecule has 0 radical (unpaired) electrons. The molecule has 1 aliphatic rings. The van der Waals surface area contributed by atoms with Crippen LogP contribution in [-0.4, -0.2) is 37.5 Å². The topological polar surface area (TPSA) is 58.4 Å². The molecule has 4 heteroatoms. The van der Waals surface area contributed by atoms with Crippen molar-refractivity contribution in [3.63, 3.8) is 0 Å². The average molecular weight is 289 g/mol. The van der Waals surface area contributed by atoms with Gasteiger partial charge in [0.05, 0.1) is 6.42 Å². The molecule has 116 valence electrons. The Labute approximate surface area is 127 Å². The number of likely N-dealkylation sites (tertiary alicyclic amines) is 1. The normalized spacial score (nSPS) is 16.9. The van der Waals surface area contributed by atoms with Crippen LogP contribution < -0.4 is 11.1 Å². The molecule has 1 heterocycles. The van der Waals surface area contributed by atoms with E-state index in [4.69, 9.17) is 5.73 Å². The van der Waals surface area contributed by atoms with E-state index in [1.54, 1.807) is 0 Å². The number of carbonyl (C=O) groups is 1. The molecule has 0 unspecified atom stereocenters. The van der Waals surface area contributed by atoms with Gasteiger partial charge in [0, 0.05) is 13.1 Å². The van der Waals surface area contributed by atoms with Gasteiger partial charge in [-0.2, -0.15) is 0 Å². The highest BCUT2D eigenvalue weighted by Gasteiger charge is 2.16. The molecular weight excluding hydrogens is 262 g/mol. The van der Waals surface area contributed by atoms with Crippen LogP contribution in [0, 0.1) is 5.92 Å². The molecule has 1 aromatic carbocycles. The second-order valence-electron chi connectivity index (χ2n) is 6.03. The van der Waals surface area contributed by atoms with Crippen molar-refractivity contribution in [2.24, 2.45) is 11.7 Å². The zero-order valence-electron chi connectivity index (χ0n) is 13.0. The minimum Gasteiger partial charge on any atom is -0.356 e. The number of hydrogen-bond donors (Lipinski definition) is 2. The smallest absolute Gasteiger partial charge is 0.224 e. The molecule has 21 heavy (non-hydrogen) atoms. The van der Waals surface area contributed by atoms with E-state index in [1.165, 1.54) is 25.9 Å². The summed E-state index contributed by atoms with van der Waals surface area (Å²) in [4.78, 5) is 14.4. The van der Waals surface area contributed by atoms with E-state index >= 15 is 0 Å². The summed E-state index contributed by atoms with van der Waals surface area (Å²) in [5.41, 5.74) is 7.80. The van der Waals surface area contributed by atoms with Gasteiger partial charge in [-0.1, -0.05) is 24.3 Å². The maximum Gasteiger partial charge on any atom is 0.224 e. The van der Waals surface area contributed by atoms with Gasteiger partial charge in [0.1, 0.15) is 0 Å². The molecule has 1 amide bonds. The van der Waals surface area contributed by atoms with Crippen molar-refractivity contribution in [1.29, 1.82) is 0 Å². The van der Waals surface area contributed by atoms with Crippen LogP contribution in [0.2, 0.25) is 0 Å². The lowest BCUT2D eigenvalue weighted by molar-refractivity contribution is -0.120. The summed E-state index contributed by atoms with van der Waals surface area (Å²) >= 11 is 0. The third-order valence-electron chi connectivity index (χ3n) is 4.40. The minimum atomic E-state index is 0.101. The van der Waals surface area contributed by atoms with Crippen molar-refractivity contribution >= 4 is 5.91 Å². The summed E-state index contributed by atoms with van der Waals surface area (Å²) in [5.74, 6) is 0.863. The van der Waals surface area contributed by atoms with E-state index in [2.05, 4.69) is 17.3 Å². The van der Waals surface area contributed by atoms with Crippen LogP contribution in [0.5, 0.6) is 0 Å².